The molecule has 1 aliphatic rings. The summed E-state index contributed by atoms with van der Waals surface area (Å²) < 4.78 is 0. The zero-order chi connectivity index (χ0) is 6.41. The Morgan fingerprint density at radius 2 is 1.40 bits per heavy atom. The van der Waals surface area contributed by atoms with Gasteiger partial charge < -0.3 is 30.8 Å². The van der Waals surface area contributed by atoms with Crippen molar-refractivity contribution in [3.8, 4) is 0 Å². The van der Waals surface area contributed by atoms with Crippen LogP contribution < -0.4 is 17.0 Å². The van der Waals surface area contributed by atoms with Crippen LogP contribution in [0.15, 0.2) is 0 Å². The summed E-state index contributed by atoms with van der Waals surface area (Å²) in [5.74, 6) is 0.796. The fourth-order valence-electron chi connectivity index (χ4n) is 1.01. The Labute approximate surface area is 92.1 Å². The molecule has 0 aromatic heterocycles. The maximum atomic E-state index is 3.94. The molecule has 0 nitrogen and oxygen atoms in total. The Balaban J connectivity index is -0.000000114. The third-order valence-electron chi connectivity index (χ3n) is 1.47. The van der Waals surface area contributed by atoms with Gasteiger partial charge in [0.25, 0.3) is 0 Å². The molecular formula is C8H16BrMg-. The predicted molar refractivity (Wildman–Crippen MR) is 44.1 cm³/mol. The van der Waals surface area contributed by atoms with Crippen molar-refractivity contribution in [1.29, 1.82) is 0 Å². The topological polar surface area (TPSA) is 0 Å². The molecular weight excluding hydrogens is 200 g/mol. The molecule has 0 bridgehead atoms. The van der Waals surface area contributed by atoms with Gasteiger partial charge in [-0.2, -0.15) is 12.8 Å². The first-order valence-corrected chi connectivity index (χ1v) is 3.43. The largest absolute Gasteiger partial charge is 2.00 e. The maximum Gasteiger partial charge on any atom is 2.00 e. The molecule has 0 saturated heterocycles. The maximum absolute atomic E-state index is 3.94. The van der Waals surface area contributed by atoms with Gasteiger partial charge in [0.2, 0.25) is 0 Å². The zero-order valence-electron chi connectivity index (χ0n) is 6.91. The molecule has 1 rings (SSSR count). The smallest absolute Gasteiger partial charge is 1.00 e. The second-order valence-electron chi connectivity index (χ2n) is 2.15. The number of hydrogen-bond acceptors (Lipinski definition) is 0. The van der Waals surface area contributed by atoms with Gasteiger partial charge in [0.15, 0.2) is 0 Å². The molecule has 1 aliphatic carbocycles. The molecule has 0 atom stereocenters. The minimum absolute atomic E-state index is 0. The van der Waals surface area contributed by atoms with E-state index in [-0.39, 0.29) is 40.0 Å². The van der Waals surface area contributed by atoms with Crippen LogP contribution in [0.25, 0.3) is 0 Å². The van der Waals surface area contributed by atoms with E-state index in [9.17, 15) is 0 Å². The Hall–Kier alpha value is 1.25. The fourth-order valence-corrected chi connectivity index (χ4v) is 1.01. The van der Waals surface area contributed by atoms with E-state index in [0.29, 0.717) is 0 Å². The van der Waals surface area contributed by atoms with Crippen molar-refractivity contribution >= 4 is 23.1 Å². The summed E-state index contributed by atoms with van der Waals surface area (Å²) in [6, 6.07) is 0. The van der Waals surface area contributed by atoms with Crippen molar-refractivity contribution in [3.63, 3.8) is 0 Å². The van der Waals surface area contributed by atoms with Crippen LogP contribution in [0.4, 0.5) is 0 Å². The van der Waals surface area contributed by atoms with Crippen molar-refractivity contribution in [1.82, 2.24) is 0 Å². The van der Waals surface area contributed by atoms with Crippen LogP contribution >= 0.6 is 0 Å². The van der Waals surface area contributed by atoms with Crippen LogP contribution in [0, 0.1) is 19.8 Å². The Morgan fingerprint density at radius 3 is 1.50 bits per heavy atom. The molecule has 0 aromatic carbocycles. The molecule has 0 radical (unpaired) electrons. The van der Waals surface area contributed by atoms with Crippen LogP contribution in [-0.2, 0) is 0 Å². The van der Waals surface area contributed by atoms with Crippen molar-refractivity contribution in [2.24, 2.45) is 5.92 Å². The molecule has 2 heteroatoms. The zero-order valence-corrected chi connectivity index (χ0v) is 9.91. The molecule has 0 aromatic rings. The quantitative estimate of drug-likeness (QED) is 0.377. The van der Waals surface area contributed by atoms with E-state index in [0.717, 1.165) is 5.92 Å². The molecule has 0 aliphatic heterocycles. The monoisotopic (exact) mass is 215 g/mol. The summed E-state index contributed by atoms with van der Waals surface area (Å²) in [7, 11) is 0. The van der Waals surface area contributed by atoms with E-state index < -0.39 is 0 Å². The molecule has 58 valence electrons. The number of hydrogen-bond donors (Lipinski definition) is 0. The van der Waals surface area contributed by atoms with E-state index >= 15 is 0 Å². The SMILES string of the molecule is [Br-].[CH2-]C.[CH2-]C1CCCC1.[Mg+2]. The molecule has 1 saturated carbocycles. The summed E-state index contributed by atoms with van der Waals surface area (Å²) >= 11 is 0. The molecule has 0 heterocycles. The second kappa shape index (κ2) is 12.9. The van der Waals surface area contributed by atoms with E-state index in [1.807, 2.05) is 0 Å². The Bertz CT molecular complexity index is 42.5. The molecule has 0 amide bonds. The van der Waals surface area contributed by atoms with Crippen LogP contribution in [0.5, 0.6) is 0 Å². The first-order chi connectivity index (χ1) is 3.89. The van der Waals surface area contributed by atoms with E-state index in [2.05, 4.69) is 13.8 Å². The van der Waals surface area contributed by atoms with Crippen molar-refractivity contribution in [2.45, 2.75) is 32.6 Å². The van der Waals surface area contributed by atoms with Crippen LogP contribution in [-0.4, -0.2) is 23.1 Å². The molecule has 0 unspecified atom stereocenters. The minimum Gasteiger partial charge on any atom is -1.00 e. The Morgan fingerprint density at radius 1 is 1.10 bits per heavy atom. The van der Waals surface area contributed by atoms with Gasteiger partial charge in [0, 0.05) is 0 Å². The number of rotatable bonds is 0. The number of halogens is 1. The van der Waals surface area contributed by atoms with Crippen LogP contribution in [0.1, 0.15) is 32.6 Å². The van der Waals surface area contributed by atoms with Gasteiger partial charge in [-0.25, -0.2) is 0 Å². The van der Waals surface area contributed by atoms with Gasteiger partial charge in [-0.1, -0.05) is 25.7 Å². The third-order valence-corrected chi connectivity index (χ3v) is 1.47. The minimum atomic E-state index is 0. The van der Waals surface area contributed by atoms with Crippen molar-refractivity contribution < 1.29 is 17.0 Å². The van der Waals surface area contributed by atoms with E-state index in [4.69, 9.17) is 0 Å². The normalized spacial score (nSPS) is 15.9. The van der Waals surface area contributed by atoms with E-state index in [1.54, 1.807) is 6.92 Å². The average molecular weight is 216 g/mol. The summed E-state index contributed by atoms with van der Waals surface area (Å²) in [6.07, 6.45) is 5.60. The standard InChI is InChI=1S/C6H11.C2H5.BrH.Mg/c1-6-4-2-3-5-6;1-2;;/h6H,1-5H2;1H2,2H3;1H;/q2*-1;;+2/p-1. The average Bonchev–Trinajstić information content (AvgIpc) is 2.24. The summed E-state index contributed by atoms with van der Waals surface area (Å²) in [5.41, 5.74) is 0. The van der Waals surface area contributed by atoms with Crippen LogP contribution in [0.2, 0.25) is 0 Å². The second-order valence-corrected chi connectivity index (χ2v) is 2.15. The van der Waals surface area contributed by atoms with Crippen LogP contribution in [0.3, 0.4) is 0 Å². The first-order valence-electron chi connectivity index (χ1n) is 3.43. The van der Waals surface area contributed by atoms with Gasteiger partial charge in [-0.15, -0.1) is 0 Å². The Kier molecular flexibility index (Phi) is 22.4. The third kappa shape index (κ3) is 9.25. The van der Waals surface area contributed by atoms with Crippen molar-refractivity contribution in [2.75, 3.05) is 0 Å². The molecule has 0 spiro atoms. The summed E-state index contributed by atoms with van der Waals surface area (Å²) in [6.45, 7) is 8.94. The summed E-state index contributed by atoms with van der Waals surface area (Å²) in [4.78, 5) is 0. The van der Waals surface area contributed by atoms with Gasteiger partial charge in [-0.3, -0.25) is 0 Å². The molecule has 10 heavy (non-hydrogen) atoms. The van der Waals surface area contributed by atoms with Gasteiger partial charge in [0.1, 0.15) is 0 Å². The predicted octanol–water partition coefficient (Wildman–Crippen LogP) is -0.526. The summed E-state index contributed by atoms with van der Waals surface area (Å²) in [5, 5.41) is 0. The van der Waals surface area contributed by atoms with Gasteiger partial charge in [-0.05, 0) is 0 Å². The fraction of sp³-hybridized carbons (Fsp3) is 0.750. The molecule has 0 N–H and O–H groups in total. The van der Waals surface area contributed by atoms with E-state index in [1.165, 1.54) is 25.7 Å². The van der Waals surface area contributed by atoms with Gasteiger partial charge >= 0.3 is 23.1 Å². The van der Waals surface area contributed by atoms with Gasteiger partial charge in [0.05, 0.1) is 0 Å². The first kappa shape index (κ1) is 17.4. The van der Waals surface area contributed by atoms with Crippen molar-refractivity contribution in [3.05, 3.63) is 13.8 Å². The molecule has 1 fully saturated rings.